The quantitative estimate of drug-likeness (QED) is 0.671. The summed E-state index contributed by atoms with van der Waals surface area (Å²) < 4.78 is 13.5. The Morgan fingerprint density at radius 3 is 2.75 bits per heavy atom. The highest BCUT2D eigenvalue weighted by molar-refractivity contribution is 5.79. The van der Waals surface area contributed by atoms with Gasteiger partial charge in [0.1, 0.15) is 5.82 Å². The van der Waals surface area contributed by atoms with Crippen molar-refractivity contribution in [2.45, 2.75) is 31.7 Å². The molecule has 1 saturated heterocycles. The van der Waals surface area contributed by atoms with Gasteiger partial charge in [-0.3, -0.25) is 14.8 Å². The molecule has 2 aromatic heterocycles. The number of likely N-dealkylation sites (tertiary alicyclic amines) is 1. The average molecular weight is 375 g/mol. The molecule has 0 bridgehead atoms. The lowest BCUT2D eigenvalue weighted by Gasteiger charge is -2.36. The molecule has 0 spiro atoms. The predicted molar refractivity (Wildman–Crippen MR) is 106 cm³/mol. The fraction of sp³-hybridized carbons (Fsp3) is 0.261. The number of hydrogen-bond acceptors (Lipinski definition) is 3. The van der Waals surface area contributed by atoms with Crippen LogP contribution in [0, 0.1) is 5.82 Å². The minimum Gasteiger partial charge on any atom is -0.335 e. The van der Waals surface area contributed by atoms with Crippen molar-refractivity contribution in [1.82, 2.24) is 14.9 Å². The van der Waals surface area contributed by atoms with Crippen LogP contribution in [-0.2, 0) is 11.2 Å². The minimum absolute atomic E-state index is 0.0269. The van der Waals surface area contributed by atoms with Crippen LogP contribution in [-0.4, -0.2) is 27.3 Å². The summed E-state index contributed by atoms with van der Waals surface area (Å²) in [6.45, 7) is 0.752. The first-order chi connectivity index (χ1) is 13.7. The maximum atomic E-state index is 13.5. The molecule has 1 fully saturated rings. The summed E-state index contributed by atoms with van der Waals surface area (Å²) in [6, 6.07) is 16.0. The lowest BCUT2D eigenvalue weighted by Crippen LogP contribution is -2.39. The summed E-state index contributed by atoms with van der Waals surface area (Å²) in [5, 5.41) is 0. The summed E-state index contributed by atoms with van der Waals surface area (Å²) in [4.78, 5) is 23.7. The Hall–Kier alpha value is -3.08. The number of benzene rings is 1. The SMILES string of the molecule is O=C(Cc1ccccn1)N1CCCCC1c1ccc(-c2cccc(F)c2)nc1. The Bertz CT molecular complexity index is 944. The van der Waals surface area contributed by atoms with E-state index in [0.717, 1.165) is 48.3 Å². The summed E-state index contributed by atoms with van der Waals surface area (Å²) in [6.07, 6.45) is 6.87. The molecule has 4 rings (SSSR count). The molecule has 4 nitrogen and oxygen atoms in total. The Kier molecular flexibility index (Phi) is 5.42. The standard InChI is InChI=1S/C23H22FN3O/c24-19-7-5-6-17(14-19)21-11-10-18(16-26-21)22-9-2-4-13-27(22)23(28)15-20-8-1-3-12-25-20/h1,3,5-8,10-12,14,16,22H,2,4,9,13,15H2. The third-order valence-corrected chi connectivity index (χ3v) is 5.17. The Morgan fingerprint density at radius 2 is 2.00 bits per heavy atom. The topological polar surface area (TPSA) is 46.1 Å². The molecule has 1 aromatic carbocycles. The number of carbonyl (C=O) groups excluding carboxylic acids is 1. The second kappa shape index (κ2) is 8.30. The van der Waals surface area contributed by atoms with E-state index in [2.05, 4.69) is 9.97 Å². The summed E-state index contributed by atoms with van der Waals surface area (Å²) in [5.74, 6) is -0.181. The summed E-state index contributed by atoms with van der Waals surface area (Å²) in [7, 11) is 0. The fourth-order valence-electron chi connectivity index (χ4n) is 3.76. The Morgan fingerprint density at radius 1 is 1.07 bits per heavy atom. The van der Waals surface area contributed by atoms with Gasteiger partial charge >= 0.3 is 0 Å². The van der Waals surface area contributed by atoms with Crippen LogP contribution >= 0.6 is 0 Å². The molecule has 0 aliphatic carbocycles. The van der Waals surface area contributed by atoms with E-state index in [1.54, 1.807) is 12.3 Å². The lowest BCUT2D eigenvalue weighted by molar-refractivity contribution is -0.134. The van der Waals surface area contributed by atoms with Gasteiger partial charge in [0.05, 0.1) is 18.2 Å². The highest BCUT2D eigenvalue weighted by atomic mass is 19.1. The van der Waals surface area contributed by atoms with Crippen LogP contribution in [0.2, 0.25) is 0 Å². The first kappa shape index (κ1) is 18.3. The zero-order valence-corrected chi connectivity index (χ0v) is 15.6. The first-order valence-electron chi connectivity index (χ1n) is 9.62. The fourth-order valence-corrected chi connectivity index (χ4v) is 3.76. The average Bonchev–Trinajstić information content (AvgIpc) is 2.74. The predicted octanol–water partition coefficient (Wildman–Crippen LogP) is 4.58. The first-order valence-corrected chi connectivity index (χ1v) is 9.62. The number of hydrogen-bond donors (Lipinski definition) is 0. The molecule has 1 aliphatic heterocycles. The monoisotopic (exact) mass is 375 g/mol. The molecule has 3 aromatic rings. The number of rotatable bonds is 4. The Labute approximate surface area is 164 Å². The maximum absolute atomic E-state index is 13.5. The van der Waals surface area contributed by atoms with Crippen LogP contribution < -0.4 is 0 Å². The normalized spacial score (nSPS) is 16.8. The molecule has 0 radical (unpaired) electrons. The molecule has 5 heteroatoms. The second-order valence-electron chi connectivity index (χ2n) is 7.08. The van der Waals surface area contributed by atoms with Crippen LogP contribution in [0.4, 0.5) is 4.39 Å². The molecular formula is C23H22FN3O. The number of amides is 1. The van der Waals surface area contributed by atoms with Crippen molar-refractivity contribution in [1.29, 1.82) is 0 Å². The maximum Gasteiger partial charge on any atom is 0.229 e. The molecule has 0 N–H and O–H groups in total. The van der Waals surface area contributed by atoms with Gasteiger partial charge in [-0.2, -0.15) is 0 Å². The number of piperidine rings is 1. The van der Waals surface area contributed by atoms with Crippen molar-refractivity contribution < 1.29 is 9.18 Å². The molecule has 0 saturated carbocycles. The molecule has 1 aliphatic rings. The van der Waals surface area contributed by atoms with Gasteiger partial charge in [0.25, 0.3) is 0 Å². The highest BCUT2D eigenvalue weighted by Crippen LogP contribution is 2.32. The van der Waals surface area contributed by atoms with E-state index >= 15 is 0 Å². The molecule has 1 amide bonds. The molecule has 28 heavy (non-hydrogen) atoms. The van der Waals surface area contributed by atoms with E-state index in [4.69, 9.17) is 0 Å². The van der Waals surface area contributed by atoms with Crippen LogP contribution in [0.5, 0.6) is 0 Å². The summed E-state index contributed by atoms with van der Waals surface area (Å²) in [5.41, 5.74) is 3.29. The number of halogens is 1. The molecule has 1 unspecified atom stereocenters. The number of pyridine rings is 2. The third kappa shape index (κ3) is 4.09. The van der Waals surface area contributed by atoms with Gasteiger partial charge in [0, 0.05) is 30.2 Å². The Balaban J connectivity index is 1.53. The molecule has 3 heterocycles. The van der Waals surface area contributed by atoms with Crippen molar-refractivity contribution in [3.63, 3.8) is 0 Å². The van der Waals surface area contributed by atoms with Crippen molar-refractivity contribution in [3.8, 4) is 11.3 Å². The van der Waals surface area contributed by atoms with E-state index in [0.29, 0.717) is 6.42 Å². The smallest absolute Gasteiger partial charge is 0.229 e. The molecule has 142 valence electrons. The van der Waals surface area contributed by atoms with E-state index in [-0.39, 0.29) is 17.8 Å². The lowest BCUT2D eigenvalue weighted by atomic mass is 9.95. The van der Waals surface area contributed by atoms with Crippen molar-refractivity contribution in [3.05, 3.63) is 84.1 Å². The van der Waals surface area contributed by atoms with E-state index in [9.17, 15) is 9.18 Å². The van der Waals surface area contributed by atoms with Crippen LogP contribution in [0.25, 0.3) is 11.3 Å². The van der Waals surface area contributed by atoms with Gasteiger partial charge < -0.3 is 4.90 Å². The zero-order valence-electron chi connectivity index (χ0n) is 15.6. The van der Waals surface area contributed by atoms with Gasteiger partial charge in [0.15, 0.2) is 0 Å². The van der Waals surface area contributed by atoms with Crippen LogP contribution in [0.1, 0.15) is 36.6 Å². The van der Waals surface area contributed by atoms with Crippen LogP contribution in [0.3, 0.4) is 0 Å². The van der Waals surface area contributed by atoms with Gasteiger partial charge in [-0.15, -0.1) is 0 Å². The van der Waals surface area contributed by atoms with Gasteiger partial charge in [0.2, 0.25) is 5.91 Å². The highest BCUT2D eigenvalue weighted by Gasteiger charge is 2.28. The minimum atomic E-state index is -0.276. The number of nitrogens with zero attached hydrogens (tertiary/aromatic N) is 3. The largest absolute Gasteiger partial charge is 0.335 e. The van der Waals surface area contributed by atoms with Crippen molar-refractivity contribution in [2.24, 2.45) is 0 Å². The second-order valence-corrected chi connectivity index (χ2v) is 7.08. The van der Waals surface area contributed by atoms with E-state index in [1.165, 1.54) is 12.1 Å². The van der Waals surface area contributed by atoms with Crippen molar-refractivity contribution in [2.75, 3.05) is 6.54 Å². The molecule has 1 atom stereocenters. The number of carbonyl (C=O) groups is 1. The van der Waals surface area contributed by atoms with Gasteiger partial charge in [-0.1, -0.05) is 24.3 Å². The number of aromatic nitrogens is 2. The van der Waals surface area contributed by atoms with Crippen LogP contribution in [0.15, 0.2) is 67.0 Å². The zero-order chi connectivity index (χ0) is 19.3. The summed E-state index contributed by atoms with van der Waals surface area (Å²) >= 11 is 0. The van der Waals surface area contributed by atoms with E-state index < -0.39 is 0 Å². The third-order valence-electron chi connectivity index (χ3n) is 5.17. The van der Waals surface area contributed by atoms with E-state index in [1.807, 2.05) is 47.5 Å². The molecular weight excluding hydrogens is 353 g/mol. The van der Waals surface area contributed by atoms with Gasteiger partial charge in [-0.25, -0.2) is 4.39 Å². The van der Waals surface area contributed by atoms with Gasteiger partial charge in [-0.05, 0) is 55.2 Å². The van der Waals surface area contributed by atoms with Crippen molar-refractivity contribution >= 4 is 5.91 Å².